The molecule has 0 saturated heterocycles. The second kappa shape index (κ2) is 10.1. The van der Waals surface area contributed by atoms with Gasteiger partial charge in [-0.1, -0.05) is 30.3 Å². The Labute approximate surface area is 192 Å². The quantitative estimate of drug-likeness (QED) is 0.459. The van der Waals surface area contributed by atoms with Gasteiger partial charge in [-0.25, -0.2) is 4.98 Å². The fraction of sp³-hybridized carbons (Fsp3) is 0.320. The molecule has 0 unspecified atom stereocenters. The highest BCUT2D eigenvalue weighted by molar-refractivity contribution is 7.13. The van der Waals surface area contributed by atoms with Gasteiger partial charge < -0.3 is 16.4 Å². The van der Waals surface area contributed by atoms with Crippen LogP contribution in [0.15, 0.2) is 48.0 Å². The Kier molecular flexibility index (Phi) is 6.97. The number of benzene rings is 2. The SMILES string of the molecule is Cc1ncsc1-c1ccc([C@@H](N)CC(=O)NCCNC(=O)c2ccc3c(c2)CCC3)cc1. The normalized spacial score (nSPS) is 13.4. The van der Waals surface area contributed by atoms with Crippen LogP contribution in [0.3, 0.4) is 0 Å². The maximum atomic E-state index is 12.3. The van der Waals surface area contributed by atoms with E-state index in [1.54, 1.807) is 11.3 Å². The minimum absolute atomic E-state index is 0.109. The summed E-state index contributed by atoms with van der Waals surface area (Å²) in [6.45, 7) is 2.73. The number of nitrogens with one attached hydrogen (secondary N) is 2. The highest BCUT2D eigenvalue weighted by Crippen LogP contribution is 2.28. The lowest BCUT2D eigenvalue weighted by atomic mass is 10.0. The minimum Gasteiger partial charge on any atom is -0.354 e. The third-order valence-corrected chi connectivity index (χ3v) is 6.82. The first-order valence-electron chi connectivity index (χ1n) is 10.9. The molecule has 6 nitrogen and oxygen atoms in total. The summed E-state index contributed by atoms with van der Waals surface area (Å²) >= 11 is 1.61. The molecular formula is C25H28N4O2S. The molecule has 1 atom stereocenters. The Bertz CT molecular complexity index is 1110. The summed E-state index contributed by atoms with van der Waals surface area (Å²) in [5.74, 6) is -0.242. The molecule has 0 spiro atoms. The van der Waals surface area contributed by atoms with E-state index in [0.29, 0.717) is 18.7 Å². The molecule has 2 aromatic carbocycles. The highest BCUT2D eigenvalue weighted by Gasteiger charge is 2.15. The lowest BCUT2D eigenvalue weighted by molar-refractivity contribution is -0.121. The maximum absolute atomic E-state index is 12.3. The van der Waals surface area contributed by atoms with Crippen LogP contribution in [0.4, 0.5) is 0 Å². The molecule has 3 aromatic rings. The van der Waals surface area contributed by atoms with Crippen molar-refractivity contribution in [1.82, 2.24) is 15.6 Å². The molecule has 1 aliphatic carbocycles. The number of hydrogen-bond acceptors (Lipinski definition) is 5. The van der Waals surface area contributed by atoms with Crippen molar-refractivity contribution in [3.63, 3.8) is 0 Å². The molecule has 1 aromatic heterocycles. The van der Waals surface area contributed by atoms with Gasteiger partial charge >= 0.3 is 0 Å². The van der Waals surface area contributed by atoms with Crippen LogP contribution in [0.2, 0.25) is 0 Å². The van der Waals surface area contributed by atoms with Crippen LogP contribution in [0.1, 0.15) is 51.6 Å². The monoisotopic (exact) mass is 448 g/mol. The second-order valence-corrected chi connectivity index (χ2v) is 9.00. The maximum Gasteiger partial charge on any atom is 0.251 e. The molecule has 1 heterocycles. The Morgan fingerprint density at radius 2 is 1.81 bits per heavy atom. The molecule has 0 aliphatic heterocycles. The van der Waals surface area contributed by atoms with Gasteiger partial charge in [-0.2, -0.15) is 0 Å². The van der Waals surface area contributed by atoms with E-state index in [0.717, 1.165) is 41.0 Å². The first-order chi connectivity index (χ1) is 15.5. The number of nitrogens with zero attached hydrogens (tertiary/aromatic N) is 1. The van der Waals surface area contributed by atoms with Crippen LogP contribution in [-0.2, 0) is 17.6 Å². The van der Waals surface area contributed by atoms with E-state index in [4.69, 9.17) is 5.73 Å². The van der Waals surface area contributed by atoms with Crippen molar-refractivity contribution >= 4 is 23.2 Å². The number of hydrogen-bond donors (Lipinski definition) is 3. The Morgan fingerprint density at radius 3 is 2.56 bits per heavy atom. The van der Waals surface area contributed by atoms with Crippen molar-refractivity contribution in [3.8, 4) is 10.4 Å². The van der Waals surface area contributed by atoms with Crippen molar-refractivity contribution in [2.45, 2.75) is 38.6 Å². The second-order valence-electron chi connectivity index (χ2n) is 8.14. The van der Waals surface area contributed by atoms with Crippen molar-refractivity contribution in [3.05, 3.63) is 75.9 Å². The molecule has 4 rings (SSSR count). The van der Waals surface area contributed by atoms with Crippen LogP contribution in [0.5, 0.6) is 0 Å². The number of aryl methyl sites for hydroxylation is 3. The van der Waals surface area contributed by atoms with Crippen molar-refractivity contribution in [2.24, 2.45) is 5.73 Å². The Hall–Kier alpha value is -3.03. The van der Waals surface area contributed by atoms with E-state index < -0.39 is 0 Å². The number of aromatic nitrogens is 1. The molecule has 0 bridgehead atoms. The zero-order chi connectivity index (χ0) is 22.5. The van der Waals surface area contributed by atoms with Gasteiger partial charge in [-0.15, -0.1) is 11.3 Å². The molecule has 4 N–H and O–H groups in total. The van der Waals surface area contributed by atoms with E-state index in [1.807, 2.05) is 54.9 Å². The molecule has 1 aliphatic rings. The average Bonchev–Trinajstić information content (AvgIpc) is 3.44. The Morgan fingerprint density at radius 1 is 1.06 bits per heavy atom. The third-order valence-electron chi connectivity index (χ3n) is 5.85. The van der Waals surface area contributed by atoms with Gasteiger partial charge in [0.25, 0.3) is 5.91 Å². The summed E-state index contributed by atoms with van der Waals surface area (Å²) < 4.78 is 0. The lowest BCUT2D eigenvalue weighted by Crippen LogP contribution is -2.35. The smallest absolute Gasteiger partial charge is 0.251 e. The fourth-order valence-electron chi connectivity index (χ4n) is 4.04. The van der Waals surface area contributed by atoms with E-state index >= 15 is 0 Å². The topological polar surface area (TPSA) is 97.1 Å². The van der Waals surface area contributed by atoms with Gasteiger partial charge in [0.1, 0.15) is 0 Å². The van der Waals surface area contributed by atoms with Crippen LogP contribution in [0, 0.1) is 6.92 Å². The number of thiazole rings is 1. The minimum atomic E-state index is -0.382. The molecule has 0 radical (unpaired) electrons. The summed E-state index contributed by atoms with van der Waals surface area (Å²) in [4.78, 5) is 30.0. The van der Waals surface area contributed by atoms with Crippen LogP contribution in [0.25, 0.3) is 10.4 Å². The summed E-state index contributed by atoms with van der Waals surface area (Å²) in [6, 6.07) is 13.5. The summed E-state index contributed by atoms with van der Waals surface area (Å²) in [5, 5.41) is 5.70. The first kappa shape index (κ1) is 22.2. The summed E-state index contributed by atoms with van der Waals surface area (Å²) in [7, 11) is 0. The van der Waals surface area contributed by atoms with Gasteiger partial charge in [0.2, 0.25) is 5.91 Å². The summed E-state index contributed by atoms with van der Waals surface area (Å²) in [5.41, 5.74) is 14.4. The molecule has 166 valence electrons. The van der Waals surface area contributed by atoms with E-state index in [-0.39, 0.29) is 24.3 Å². The predicted molar refractivity (Wildman–Crippen MR) is 128 cm³/mol. The number of carbonyl (C=O) groups excluding carboxylic acids is 2. The summed E-state index contributed by atoms with van der Waals surface area (Å²) in [6.07, 6.45) is 3.49. The fourth-order valence-corrected chi connectivity index (χ4v) is 4.86. The molecule has 0 fully saturated rings. The lowest BCUT2D eigenvalue weighted by Gasteiger charge is -2.13. The standard InChI is InChI=1S/C25H28N4O2S/c1-16-24(32-15-29-16)19-8-6-18(7-9-19)22(26)14-23(30)27-11-12-28-25(31)21-10-5-17-3-2-4-20(17)13-21/h5-10,13,15,22H,2-4,11-12,14,26H2,1H3,(H,27,30)(H,28,31)/t22-/m0/s1. The van der Waals surface area contributed by atoms with Gasteiger partial charge in [-0.3, -0.25) is 9.59 Å². The van der Waals surface area contributed by atoms with Crippen molar-refractivity contribution in [1.29, 1.82) is 0 Å². The van der Waals surface area contributed by atoms with Crippen LogP contribution < -0.4 is 16.4 Å². The Balaban J connectivity index is 1.20. The number of carbonyl (C=O) groups is 2. The van der Waals surface area contributed by atoms with E-state index in [9.17, 15) is 9.59 Å². The van der Waals surface area contributed by atoms with Crippen molar-refractivity contribution < 1.29 is 9.59 Å². The van der Waals surface area contributed by atoms with Crippen LogP contribution in [-0.4, -0.2) is 29.9 Å². The number of fused-ring (bicyclic) bond motifs is 1. The van der Waals surface area contributed by atoms with Gasteiger partial charge in [-0.05, 0) is 60.6 Å². The number of rotatable bonds is 8. The largest absolute Gasteiger partial charge is 0.354 e. The average molecular weight is 449 g/mol. The van der Waals surface area contributed by atoms with Crippen molar-refractivity contribution in [2.75, 3.05) is 13.1 Å². The zero-order valence-corrected chi connectivity index (χ0v) is 19.0. The zero-order valence-electron chi connectivity index (χ0n) is 18.2. The van der Waals surface area contributed by atoms with Gasteiger partial charge in [0, 0.05) is 31.1 Å². The molecule has 32 heavy (non-hydrogen) atoms. The molecular weight excluding hydrogens is 420 g/mol. The predicted octanol–water partition coefficient (Wildman–Crippen LogP) is 3.54. The van der Waals surface area contributed by atoms with E-state index in [1.165, 1.54) is 11.1 Å². The number of nitrogens with two attached hydrogens (primary N) is 1. The number of amides is 2. The molecule has 2 amide bonds. The molecule has 0 saturated carbocycles. The third kappa shape index (κ3) is 5.23. The van der Waals surface area contributed by atoms with Gasteiger partial charge in [0.15, 0.2) is 0 Å². The van der Waals surface area contributed by atoms with Crippen LogP contribution >= 0.6 is 11.3 Å². The van der Waals surface area contributed by atoms with Gasteiger partial charge in [0.05, 0.1) is 16.1 Å². The molecule has 7 heteroatoms. The first-order valence-corrected chi connectivity index (χ1v) is 11.8. The van der Waals surface area contributed by atoms with E-state index in [2.05, 4.69) is 15.6 Å². The highest BCUT2D eigenvalue weighted by atomic mass is 32.1.